The highest BCUT2D eigenvalue weighted by Gasteiger charge is 2.41. The molecular weight excluding hydrogens is 380 g/mol. The molecule has 3 atom stereocenters. The maximum Gasteiger partial charge on any atom is 0.227 e. The Labute approximate surface area is 179 Å². The number of methoxy groups -OCH3 is 1. The molecule has 0 N–H and O–H groups in total. The third-order valence-electron chi connectivity index (χ3n) is 6.91. The third kappa shape index (κ3) is 4.80. The van der Waals surface area contributed by atoms with Crippen LogP contribution in [0.25, 0.3) is 0 Å². The van der Waals surface area contributed by atoms with Crippen molar-refractivity contribution >= 4 is 11.8 Å². The Kier molecular flexibility index (Phi) is 6.93. The minimum atomic E-state index is 0.0694. The number of carbonyl (C=O) groups excluding carboxylic acids is 2. The second-order valence-electron chi connectivity index (χ2n) is 8.89. The highest BCUT2D eigenvalue weighted by Crippen LogP contribution is 2.32. The van der Waals surface area contributed by atoms with E-state index in [1.54, 1.807) is 7.11 Å². The molecule has 0 bridgehead atoms. The van der Waals surface area contributed by atoms with E-state index in [-0.39, 0.29) is 24.0 Å². The molecule has 6 nitrogen and oxygen atoms in total. The second-order valence-corrected chi connectivity index (χ2v) is 8.89. The van der Waals surface area contributed by atoms with E-state index in [9.17, 15) is 9.59 Å². The molecule has 3 fully saturated rings. The van der Waals surface area contributed by atoms with Crippen LogP contribution >= 0.6 is 0 Å². The summed E-state index contributed by atoms with van der Waals surface area (Å²) < 4.78 is 11.2. The van der Waals surface area contributed by atoms with Crippen molar-refractivity contribution < 1.29 is 19.1 Å². The van der Waals surface area contributed by atoms with Gasteiger partial charge in [0, 0.05) is 31.8 Å². The SMILES string of the molecule is COc1ccccc1CC(=O)N1CCCC[C@H]2CN(C(=O)CC3CCCCO3)C[C@H]21. The lowest BCUT2D eigenvalue weighted by molar-refractivity contribution is -0.136. The Morgan fingerprint density at radius 3 is 2.70 bits per heavy atom. The maximum atomic E-state index is 13.3. The van der Waals surface area contributed by atoms with Gasteiger partial charge in [-0.25, -0.2) is 0 Å². The summed E-state index contributed by atoms with van der Waals surface area (Å²) in [5.74, 6) is 1.46. The Morgan fingerprint density at radius 2 is 1.90 bits per heavy atom. The summed E-state index contributed by atoms with van der Waals surface area (Å²) in [6.07, 6.45) is 7.37. The largest absolute Gasteiger partial charge is 0.496 e. The highest BCUT2D eigenvalue weighted by atomic mass is 16.5. The van der Waals surface area contributed by atoms with Crippen LogP contribution in [0.3, 0.4) is 0 Å². The van der Waals surface area contributed by atoms with Crippen LogP contribution in [0.15, 0.2) is 24.3 Å². The maximum absolute atomic E-state index is 13.3. The summed E-state index contributed by atoms with van der Waals surface area (Å²) in [6, 6.07) is 7.86. The predicted octanol–water partition coefficient (Wildman–Crippen LogP) is 3.04. The van der Waals surface area contributed by atoms with Gasteiger partial charge in [0.15, 0.2) is 0 Å². The summed E-state index contributed by atoms with van der Waals surface area (Å²) in [5.41, 5.74) is 0.922. The van der Waals surface area contributed by atoms with Gasteiger partial charge < -0.3 is 19.3 Å². The Hall–Kier alpha value is -2.08. The number of likely N-dealkylation sites (tertiary alicyclic amines) is 2. The van der Waals surface area contributed by atoms with Gasteiger partial charge >= 0.3 is 0 Å². The van der Waals surface area contributed by atoms with Crippen molar-refractivity contribution in [2.24, 2.45) is 5.92 Å². The van der Waals surface area contributed by atoms with E-state index >= 15 is 0 Å². The fourth-order valence-corrected chi connectivity index (χ4v) is 5.26. The molecule has 1 unspecified atom stereocenters. The molecule has 6 heteroatoms. The number of hydrogen-bond acceptors (Lipinski definition) is 4. The molecule has 1 aromatic rings. The van der Waals surface area contributed by atoms with E-state index in [1.807, 2.05) is 29.2 Å². The van der Waals surface area contributed by atoms with Crippen molar-refractivity contribution in [1.82, 2.24) is 9.80 Å². The predicted molar refractivity (Wildman–Crippen MR) is 114 cm³/mol. The topological polar surface area (TPSA) is 59.1 Å². The molecule has 3 heterocycles. The first kappa shape index (κ1) is 21.2. The van der Waals surface area contributed by atoms with Crippen molar-refractivity contribution in [2.45, 2.75) is 63.5 Å². The number of nitrogens with zero attached hydrogens (tertiary/aromatic N) is 2. The Morgan fingerprint density at radius 1 is 1.07 bits per heavy atom. The van der Waals surface area contributed by atoms with E-state index in [0.29, 0.717) is 25.3 Å². The molecule has 0 saturated carbocycles. The molecule has 3 saturated heterocycles. The van der Waals surface area contributed by atoms with E-state index in [4.69, 9.17) is 9.47 Å². The van der Waals surface area contributed by atoms with Crippen molar-refractivity contribution in [1.29, 1.82) is 0 Å². The van der Waals surface area contributed by atoms with Crippen molar-refractivity contribution in [3.8, 4) is 5.75 Å². The summed E-state index contributed by atoms with van der Waals surface area (Å²) >= 11 is 0. The van der Waals surface area contributed by atoms with Crippen LogP contribution in [0.1, 0.15) is 50.5 Å². The van der Waals surface area contributed by atoms with Gasteiger partial charge in [-0.1, -0.05) is 24.6 Å². The zero-order valence-corrected chi connectivity index (χ0v) is 18.1. The lowest BCUT2D eigenvalue weighted by atomic mass is 9.98. The summed E-state index contributed by atoms with van der Waals surface area (Å²) in [6.45, 7) is 2.99. The van der Waals surface area contributed by atoms with Crippen LogP contribution in [-0.4, -0.2) is 67.1 Å². The quantitative estimate of drug-likeness (QED) is 0.743. The van der Waals surface area contributed by atoms with E-state index in [1.165, 1.54) is 0 Å². The normalized spacial score (nSPS) is 26.8. The highest BCUT2D eigenvalue weighted by molar-refractivity contribution is 5.81. The number of hydrogen-bond donors (Lipinski definition) is 0. The van der Waals surface area contributed by atoms with Gasteiger partial charge in [-0.2, -0.15) is 0 Å². The standard InChI is InChI=1S/C24H34N2O4/c1-29-22-11-3-2-8-18(22)14-24(28)26-12-6-4-9-19-16-25(17-21(19)26)23(27)15-20-10-5-7-13-30-20/h2-3,8,11,19-21H,4-7,9-10,12-17H2,1H3/t19-,20?,21+/m0/s1. The fourth-order valence-electron chi connectivity index (χ4n) is 5.26. The number of fused-ring (bicyclic) bond motifs is 1. The number of carbonyl (C=O) groups is 2. The molecule has 2 amide bonds. The molecule has 1 aromatic carbocycles. The molecular formula is C24H34N2O4. The Balaban J connectivity index is 1.41. The minimum absolute atomic E-state index is 0.0694. The van der Waals surface area contributed by atoms with Crippen LogP contribution in [0.4, 0.5) is 0 Å². The molecule has 0 radical (unpaired) electrons. The van der Waals surface area contributed by atoms with Gasteiger partial charge in [-0.3, -0.25) is 9.59 Å². The molecule has 3 aliphatic heterocycles. The van der Waals surface area contributed by atoms with Crippen molar-refractivity contribution in [3.05, 3.63) is 29.8 Å². The Bertz CT molecular complexity index is 746. The first-order valence-electron chi connectivity index (χ1n) is 11.5. The van der Waals surface area contributed by atoms with Gasteiger partial charge in [0.1, 0.15) is 5.75 Å². The monoisotopic (exact) mass is 414 g/mol. The lowest BCUT2D eigenvalue weighted by Gasteiger charge is -2.30. The first-order valence-corrected chi connectivity index (χ1v) is 11.5. The number of benzene rings is 1. The van der Waals surface area contributed by atoms with Crippen molar-refractivity contribution in [3.63, 3.8) is 0 Å². The number of ether oxygens (including phenoxy) is 2. The van der Waals surface area contributed by atoms with E-state index in [2.05, 4.69) is 4.90 Å². The van der Waals surface area contributed by atoms with Gasteiger partial charge in [-0.15, -0.1) is 0 Å². The number of rotatable bonds is 5. The minimum Gasteiger partial charge on any atom is -0.496 e. The van der Waals surface area contributed by atoms with E-state index < -0.39 is 0 Å². The molecule has 3 aliphatic rings. The summed E-state index contributed by atoms with van der Waals surface area (Å²) in [4.78, 5) is 30.2. The number of amides is 2. The van der Waals surface area contributed by atoms with E-state index in [0.717, 1.165) is 69.5 Å². The average Bonchev–Trinajstić information content (AvgIpc) is 3.08. The van der Waals surface area contributed by atoms with Crippen molar-refractivity contribution in [2.75, 3.05) is 33.4 Å². The molecule has 0 spiro atoms. The first-order chi connectivity index (χ1) is 14.7. The van der Waals surface area contributed by atoms with Gasteiger partial charge in [-0.05, 0) is 44.1 Å². The summed E-state index contributed by atoms with van der Waals surface area (Å²) in [5, 5.41) is 0. The van der Waals surface area contributed by atoms with Crippen LogP contribution in [-0.2, 0) is 20.7 Å². The van der Waals surface area contributed by atoms with Crippen LogP contribution in [0.2, 0.25) is 0 Å². The van der Waals surface area contributed by atoms with Crippen LogP contribution < -0.4 is 4.74 Å². The average molecular weight is 415 g/mol. The lowest BCUT2D eigenvalue weighted by Crippen LogP contribution is -2.45. The van der Waals surface area contributed by atoms with Gasteiger partial charge in [0.2, 0.25) is 11.8 Å². The molecule has 164 valence electrons. The molecule has 0 aliphatic carbocycles. The zero-order valence-electron chi connectivity index (χ0n) is 18.1. The van der Waals surface area contributed by atoms with Crippen LogP contribution in [0.5, 0.6) is 5.75 Å². The fraction of sp³-hybridized carbons (Fsp3) is 0.667. The zero-order chi connectivity index (χ0) is 20.9. The van der Waals surface area contributed by atoms with Gasteiger partial charge in [0.05, 0.1) is 32.1 Å². The van der Waals surface area contributed by atoms with Crippen LogP contribution in [0, 0.1) is 5.92 Å². The smallest absolute Gasteiger partial charge is 0.227 e. The summed E-state index contributed by atoms with van der Waals surface area (Å²) in [7, 11) is 1.64. The third-order valence-corrected chi connectivity index (χ3v) is 6.91. The molecule has 4 rings (SSSR count). The second kappa shape index (κ2) is 9.82. The molecule has 0 aromatic heterocycles. The number of para-hydroxylation sites is 1. The van der Waals surface area contributed by atoms with Gasteiger partial charge in [0.25, 0.3) is 0 Å². The molecule has 30 heavy (non-hydrogen) atoms.